The van der Waals surface area contributed by atoms with Crippen LogP contribution in [0.15, 0.2) is 10.3 Å². The molecule has 3 fully saturated rings. The van der Waals surface area contributed by atoms with Gasteiger partial charge < -0.3 is 29.4 Å². The van der Waals surface area contributed by atoms with Crippen molar-refractivity contribution in [1.82, 2.24) is 10.3 Å². The minimum atomic E-state index is -6.05. The van der Waals surface area contributed by atoms with E-state index in [9.17, 15) is 40.6 Å². The van der Waals surface area contributed by atoms with Crippen LogP contribution in [-0.2, 0) is 23.7 Å². The van der Waals surface area contributed by atoms with Crippen LogP contribution in [0.3, 0.4) is 0 Å². The van der Waals surface area contributed by atoms with Crippen LogP contribution in [0.1, 0.15) is 135 Å². The molecular formula is C44H73F9N4O6. The summed E-state index contributed by atoms with van der Waals surface area (Å²) in [4.78, 5) is 13.2. The van der Waals surface area contributed by atoms with E-state index >= 15 is 8.78 Å². The van der Waals surface area contributed by atoms with E-state index in [0.29, 0.717) is 58.3 Å². The van der Waals surface area contributed by atoms with Crippen LogP contribution in [0.4, 0.5) is 39.5 Å². The zero-order valence-electron chi connectivity index (χ0n) is 39.8. The third kappa shape index (κ3) is 10.0. The van der Waals surface area contributed by atoms with Gasteiger partial charge in [0.05, 0.1) is 42.7 Å². The molecule has 1 amide bonds. The maximum absolute atomic E-state index is 16.2. The molecule has 4 aliphatic rings. The number of methoxy groups -OCH3 is 1. The van der Waals surface area contributed by atoms with Gasteiger partial charge in [-0.05, 0) is 144 Å². The molecule has 1 heterocycles. The number of carbonyl (C=O) groups excluding carboxylic acids is 1. The molecule has 0 aromatic rings. The highest BCUT2D eigenvalue weighted by molar-refractivity contribution is 5.88. The molecule has 10 nitrogen and oxygen atoms in total. The fourth-order valence-electron chi connectivity index (χ4n) is 10.7. The van der Waals surface area contributed by atoms with E-state index in [-0.39, 0.29) is 49.7 Å². The van der Waals surface area contributed by atoms with Crippen LogP contribution >= 0.6 is 0 Å². The lowest BCUT2D eigenvalue weighted by Gasteiger charge is -2.53. The highest BCUT2D eigenvalue weighted by Crippen LogP contribution is 2.88. The number of carbonyl (C=O) groups is 1. The lowest BCUT2D eigenvalue weighted by molar-refractivity contribution is -0.313. The van der Waals surface area contributed by atoms with E-state index in [0.717, 1.165) is 19.3 Å². The predicted molar refractivity (Wildman–Crippen MR) is 218 cm³/mol. The van der Waals surface area contributed by atoms with Crippen molar-refractivity contribution in [2.45, 2.75) is 204 Å². The van der Waals surface area contributed by atoms with Gasteiger partial charge >= 0.3 is 18.0 Å². The number of hydrogen-bond acceptors (Lipinski definition) is 9. The van der Waals surface area contributed by atoms with Gasteiger partial charge in [0.25, 0.3) is 11.6 Å². The van der Waals surface area contributed by atoms with E-state index in [1.165, 1.54) is 13.8 Å². The van der Waals surface area contributed by atoms with Crippen molar-refractivity contribution in [3.8, 4) is 0 Å². The molecule has 0 saturated heterocycles. The number of halogens is 9. The summed E-state index contributed by atoms with van der Waals surface area (Å²) >= 11 is 0. The molecule has 368 valence electrons. The van der Waals surface area contributed by atoms with Gasteiger partial charge in [0, 0.05) is 31.7 Å². The minimum Gasteiger partial charge on any atom is -0.390 e. The fraction of sp³-hybridized carbons (Fsp3) is 0.977. The monoisotopic (exact) mass is 925 g/mol. The van der Waals surface area contributed by atoms with Crippen molar-refractivity contribution in [3.63, 3.8) is 0 Å². The van der Waals surface area contributed by atoms with Gasteiger partial charge in [-0.3, -0.25) is 9.80 Å². The summed E-state index contributed by atoms with van der Waals surface area (Å²) in [6.07, 6.45) is -8.07. The molecule has 0 aromatic heterocycles. The summed E-state index contributed by atoms with van der Waals surface area (Å²) < 4.78 is 152. The highest BCUT2D eigenvalue weighted by Gasteiger charge is 2.87. The van der Waals surface area contributed by atoms with Gasteiger partial charge in [-0.2, -0.15) is 31.5 Å². The largest absolute Gasteiger partial charge is 0.434 e. The Morgan fingerprint density at radius 2 is 1.37 bits per heavy atom. The Bertz CT molecular complexity index is 1660. The number of rotatable bonds is 23. The van der Waals surface area contributed by atoms with Crippen LogP contribution in [0.25, 0.3) is 0 Å². The topological polar surface area (TPSA) is 114 Å². The standard InChI is InChI=1S/C44H73F9N4O6/c1-32(2,54-31(58)42(47,44(51,52)53)38(13,14)63-26-41(46,37(11,12)45)43(48,49)50)19-21-61-34(5,6)18-20-57-29-23-39-22-28(39)35(7,8)30(39)40(29,55-56-57)17-16-33(3,4)62-25-27(24-60-15)36(9,10)59/h27-30,59H,16-26H2,1-15H3,(H,54,58). The molecule has 3 saturated carbocycles. The normalized spacial score (nSPS) is 28.7. The first-order chi connectivity index (χ1) is 28.0. The molecule has 8 atom stereocenters. The Hall–Kier alpha value is -1.96. The summed E-state index contributed by atoms with van der Waals surface area (Å²) in [7, 11) is 1.59. The lowest BCUT2D eigenvalue weighted by Crippen LogP contribution is -2.69. The molecule has 2 N–H and O–H groups in total. The van der Waals surface area contributed by atoms with Gasteiger partial charge in [0.2, 0.25) is 0 Å². The molecule has 1 aliphatic heterocycles. The Balaban J connectivity index is 1.38. The number of aliphatic hydroxyl groups is 1. The number of nitrogens with one attached hydrogen (secondary N) is 1. The molecule has 3 aliphatic carbocycles. The fourth-order valence-corrected chi connectivity index (χ4v) is 10.7. The second-order valence-corrected chi connectivity index (χ2v) is 22.9. The number of hydrogen-bond donors (Lipinski definition) is 2. The van der Waals surface area contributed by atoms with Gasteiger partial charge in [-0.25, -0.2) is 13.2 Å². The number of fused-ring (bicyclic) bond motifs is 2. The van der Waals surface area contributed by atoms with Gasteiger partial charge in [0.15, 0.2) is 5.67 Å². The molecule has 1 spiro atoms. The molecule has 0 aromatic carbocycles. The van der Waals surface area contributed by atoms with Crippen molar-refractivity contribution < 1.29 is 68.4 Å². The second kappa shape index (κ2) is 16.7. The summed E-state index contributed by atoms with van der Waals surface area (Å²) in [5.41, 5.74) is -21.0. The van der Waals surface area contributed by atoms with E-state index in [2.05, 4.69) is 37.4 Å². The maximum atomic E-state index is 16.2. The van der Waals surface area contributed by atoms with Gasteiger partial charge in [-0.1, -0.05) is 19.1 Å². The smallest absolute Gasteiger partial charge is 0.390 e. The maximum Gasteiger partial charge on any atom is 0.434 e. The summed E-state index contributed by atoms with van der Waals surface area (Å²) in [6, 6.07) is 0.0497. The zero-order chi connectivity index (χ0) is 48.7. The first kappa shape index (κ1) is 53.7. The minimum absolute atomic E-state index is 0.0497. The van der Waals surface area contributed by atoms with Gasteiger partial charge in [-0.15, -0.1) is 0 Å². The SMILES string of the molecule is COCC(COC(C)(C)CCC12N=NN(CCC(C)(C)OCCC(C)(C)NC(=O)C(F)(C(F)(F)F)C(C)(C)OCC(F)(C(C)(C)F)C(F)(F)F)C1CC13CC1C(C)(C)C32)C(C)(C)O. The van der Waals surface area contributed by atoms with E-state index in [1.807, 2.05) is 19.2 Å². The van der Waals surface area contributed by atoms with Crippen LogP contribution in [0.5, 0.6) is 0 Å². The molecule has 63 heavy (non-hydrogen) atoms. The summed E-state index contributed by atoms with van der Waals surface area (Å²) in [5.74, 6) is -1.54. The van der Waals surface area contributed by atoms with Crippen molar-refractivity contribution in [1.29, 1.82) is 0 Å². The number of nitrogens with zero attached hydrogens (tertiary/aromatic N) is 3. The lowest BCUT2D eigenvalue weighted by atomic mass is 9.52. The Morgan fingerprint density at radius 1 is 0.794 bits per heavy atom. The zero-order valence-corrected chi connectivity index (χ0v) is 39.8. The van der Waals surface area contributed by atoms with Crippen LogP contribution in [0.2, 0.25) is 0 Å². The molecule has 4 rings (SSSR count). The average Bonchev–Trinajstić information content (AvgIpc) is 3.55. The van der Waals surface area contributed by atoms with Crippen molar-refractivity contribution in [2.75, 3.05) is 40.1 Å². The molecule has 8 unspecified atom stereocenters. The van der Waals surface area contributed by atoms with E-state index < -0.39 is 75.4 Å². The van der Waals surface area contributed by atoms with Crippen LogP contribution < -0.4 is 5.32 Å². The molecule has 0 bridgehead atoms. The van der Waals surface area contributed by atoms with Crippen molar-refractivity contribution >= 4 is 5.91 Å². The highest BCUT2D eigenvalue weighted by atomic mass is 19.4. The predicted octanol–water partition coefficient (Wildman–Crippen LogP) is 10.0. The average molecular weight is 925 g/mol. The number of amides is 1. The third-order valence-electron chi connectivity index (χ3n) is 15.0. The quantitative estimate of drug-likeness (QED) is 0.0982. The number of ether oxygens (including phenoxy) is 4. The molecular weight excluding hydrogens is 851 g/mol. The van der Waals surface area contributed by atoms with Gasteiger partial charge in [0.1, 0.15) is 11.1 Å². The van der Waals surface area contributed by atoms with E-state index in [1.54, 1.807) is 21.0 Å². The van der Waals surface area contributed by atoms with Crippen LogP contribution in [-0.4, -0.2) is 125 Å². The Morgan fingerprint density at radius 3 is 1.86 bits per heavy atom. The number of alkyl halides is 9. The van der Waals surface area contributed by atoms with Crippen molar-refractivity contribution in [2.24, 2.45) is 38.9 Å². The summed E-state index contributed by atoms with van der Waals surface area (Å²) in [5, 5.41) is 24.6. The first-order valence-electron chi connectivity index (χ1n) is 21.9. The third-order valence-corrected chi connectivity index (χ3v) is 15.0. The Labute approximate surface area is 367 Å². The second-order valence-electron chi connectivity index (χ2n) is 22.9. The molecule has 19 heteroatoms. The molecule has 0 radical (unpaired) electrons. The summed E-state index contributed by atoms with van der Waals surface area (Å²) in [6.45, 7) is 18.4. The first-order valence-corrected chi connectivity index (χ1v) is 21.9. The van der Waals surface area contributed by atoms with Crippen molar-refractivity contribution in [3.05, 3.63) is 0 Å². The van der Waals surface area contributed by atoms with E-state index in [4.69, 9.17) is 24.5 Å². The van der Waals surface area contributed by atoms with Crippen LogP contribution in [0, 0.1) is 28.6 Å². The Kier molecular flexibility index (Phi) is 14.2.